The second kappa shape index (κ2) is 5.97. The minimum absolute atomic E-state index is 0.0802. The van der Waals surface area contributed by atoms with Gasteiger partial charge in [0.15, 0.2) is 0 Å². The molecular formula is C10H20N2O. The second-order valence-corrected chi connectivity index (χ2v) is 3.77. The third-order valence-corrected chi connectivity index (χ3v) is 2.52. The van der Waals surface area contributed by atoms with Gasteiger partial charge in [0, 0.05) is 19.5 Å². The van der Waals surface area contributed by atoms with Crippen molar-refractivity contribution in [2.45, 2.75) is 45.1 Å². The Kier molecular flexibility index (Phi) is 4.83. The molecule has 1 atom stereocenters. The minimum Gasteiger partial charge on any atom is -0.356 e. The number of amides is 1. The maximum Gasteiger partial charge on any atom is 0.216 e. The Labute approximate surface area is 80.3 Å². The van der Waals surface area contributed by atoms with Crippen LogP contribution in [-0.4, -0.2) is 25.0 Å². The summed E-state index contributed by atoms with van der Waals surface area (Å²) in [6.07, 6.45) is 6.28. The lowest BCUT2D eigenvalue weighted by molar-refractivity contribution is -0.118. The molecule has 0 radical (unpaired) electrons. The Morgan fingerprint density at radius 2 is 2.38 bits per heavy atom. The van der Waals surface area contributed by atoms with Gasteiger partial charge in [-0.15, -0.1) is 0 Å². The molecule has 3 nitrogen and oxygen atoms in total. The molecule has 1 heterocycles. The first-order chi connectivity index (χ1) is 6.29. The first kappa shape index (κ1) is 10.5. The number of carbonyl (C=O) groups is 1. The summed E-state index contributed by atoms with van der Waals surface area (Å²) in [5, 5.41) is 6.31. The fourth-order valence-corrected chi connectivity index (χ4v) is 1.78. The molecule has 0 aromatic heterocycles. The standard InChI is InChI=1S/C10H20N2O/c1-9(13)11-8-4-6-10-5-2-3-7-12-10/h10,12H,2-8H2,1H3,(H,11,13). The van der Waals surface area contributed by atoms with Gasteiger partial charge in [-0.2, -0.15) is 0 Å². The smallest absolute Gasteiger partial charge is 0.216 e. The normalized spacial score (nSPS) is 22.7. The van der Waals surface area contributed by atoms with Crippen LogP contribution in [0.4, 0.5) is 0 Å². The highest BCUT2D eigenvalue weighted by atomic mass is 16.1. The molecule has 0 aliphatic carbocycles. The SMILES string of the molecule is CC(=O)NCCCC1CCCCN1. The number of hydrogen-bond donors (Lipinski definition) is 2. The van der Waals surface area contributed by atoms with Crippen LogP contribution < -0.4 is 10.6 Å². The summed E-state index contributed by atoms with van der Waals surface area (Å²) >= 11 is 0. The Balaban J connectivity index is 1.95. The van der Waals surface area contributed by atoms with Crippen LogP contribution in [0.1, 0.15) is 39.0 Å². The average molecular weight is 184 g/mol. The van der Waals surface area contributed by atoms with E-state index in [-0.39, 0.29) is 5.91 Å². The molecular weight excluding hydrogens is 164 g/mol. The van der Waals surface area contributed by atoms with Crippen molar-refractivity contribution < 1.29 is 4.79 Å². The van der Waals surface area contributed by atoms with Gasteiger partial charge in [-0.25, -0.2) is 0 Å². The molecule has 1 amide bonds. The van der Waals surface area contributed by atoms with Crippen molar-refractivity contribution in [3.05, 3.63) is 0 Å². The molecule has 1 fully saturated rings. The highest BCUT2D eigenvalue weighted by molar-refractivity contribution is 5.72. The second-order valence-electron chi connectivity index (χ2n) is 3.77. The number of nitrogens with one attached hydrogen (secondary N) is 2. The predicted molar refractivity (Wildman–Crippen MR) is 53.6 cm³/mol. The summed E-state index contributed by atoms with van der Waals surface area (Å²) in [6.45, 7) is 3.57. The lowest BCUT2D eigenvalue weighted by atomic mass is 10.0. The van der Waals surface area contributed by atoms with E-state index in [0.29, 0.717) is 6.04 Å². The highest BCUT2D eigenvalue weighted by Crippen LogP contribution is 2.10. The number of rotatable bonds is 4. The van der Waals surface area contributed by atoms with Gasteiger partial charge in [-0.3, -0.25) is 4.79 Å². The lowest BCUT2D eigenvalue weighted by Gasteiger charge is -2.23. The van der Waals surface area contributed by atoms with Crippen LogP contribution in [-0.2, 0) is 4.79 Å². The largest absolute Gasteiger partial charge is 0.356 e. The molecule has 13 heavy (non-hydrogen) atoms. The van der Waals surface area contributed by atoms with Crippen LogP contribution in [0.2, 0.25) is 0 Å². The minimum atomic E-state index is 0.0802. The Hall–Kier alpha value is -0.570. The quantitative estimate of drug-likeness (QED) is 0.641. The van der Waals surface area contributed by atoms with E-state index in [1.165, 1.54) is 32.2 Å². The van der Waals surface area contributed by atoms with E-state index in [1.54, 1.807) is 6.92 Å². The van der Waals surface area contributed by atoms with E-state index in [2.05, 4.69) is 10.6 Å². The van der Waals surface area contributed by atoms with Crippen molar-refractivity contribution in [1.82, 2.24) is 10.6 Å². The molecule has 1 unspecified atom stereocenters. The number of carbonyl (C=O) groups excluding carboxylic acids is 1. The fourth-order valence-electron chi connectivity index (χ4n) is 1.78. The first-order valence-electron chi connectivity index (χ1n) is 5.27. The molecule has 0 aromatic rings. The maximum absolute atomic E-state index is 10.6. The first-order valence-corrected chi connectivity index (χ1v) is 5.27. The van der Waals surface area contributed by atoms with Crippen molar-refractivity contribution in [1.29, 1.82) is 0 Å². The van der Waals surface area contributed by atoms with Gasteiger partial charge < -0.3 is 10.6 Å². The van der Waals surface area contributed by atoms with Crippen LogP contribution in [0, 0.1) is 0 Å². The van der Waals surface area contributed by atoms with E-state index >= 15 is 0 Å². The summed E-state index contributed by atoms with van der Waals surface area (Å²) in [6, 6.07) is 0.697. The fraction of sp³-hybridized carbons (Fsp3) is 0.900. The van der Waals surface area contributed by atoms with Gasteiger partial charge in [-0.05, 0) is 32.2 Å². The van der Waals surface area contributed by atoms with Crippen LogP contribution in [0.3, 0.4) is 0 Å². The molecule has 0 saturated carbocycles. The van der Waals surface area contributed by atoms with Crippen molar-refractivity contribution >= 4 is 5.91 Å². The van der Waals surface area contributed by atoms with Crippen molar-refractivity contribution in [2.24, 2.45) is 0 Å². The number of piperidine rings is 1. The topological polar surface area (TPSA) is 41.1 Å². The molecule has 1 aliphatic rings. The van der Waals surface area contributed by atoms with Gasteiger partial charge >= 0.3 is 0 Å². The molecule has 0 aromatic carbocycles. The van der Waals surface area contributed by atoms with Crippen LogP contribution in [0.15, 0.2) is 0 Å². The molecule has 0 bridgehead atoms. The van der Waals surface area contributed by atoms with E-state index in [1.807, 2.05) is 0 Å². The van der Waals surface area contributed by atoms with Gasteiger partial charge in [0.25, 0.3) is 0 Å². The lowest BCUT2D eigenvalue weighted by Crippen LogP contribution is -2.34. The van der Waals surface area contributed by atoms with Crippen LogP contribution >= 0.6 is 0 Å². The third-order valence-electron chi connectivity index (χ3n) is 2.52. The van der Waals surface area contributed by atoms with Crippen LogP contribution in [0.25, 0.3) is 0 Å². The molecule has 2 N–H and O–H groups in total. The number of hydrogen-bond acceptors (Lipinski definition) is 2. The average Bonchev–Trinajstić information content (AvgIpc) is 2.14. The van der Waals surface area contributed by atoms with Gasteiger partial charge in [-0.1, -0.05) is 6.42 Å². The Bertz CT molecular complexity index is 153. The zero-order chi connectivity index (χ0) is 9.52. The van der Waals surface area contributed by atoms with Gasteiger partial charge in [0.05, 0.1) is 0 Å². The van der Waals surface area contributed by atoms with E-state index < -0.39 is 0 Å². The van der Waals surface area contributed by atoms with E-state index in [0.717, 1.165) is 13.0 Å². The Morgan fingerprint density at radius 1 is 1.54 bits per heavy atom. The third kappa shape index (κ3) is 4.88. The summed E-state index contributed by atoms with van der Waals surface area (Å²) in [4.78, 5) is 10.6. The van der Waals surface area contributed by atoms with E-state index in [9.17, 15) is 4.79 Å². The molecule has 1 saturated heterocycles. The van der Waals surface area contributed by atoms with Crippen LogP contribution in [0.5, 0.6) is 0 Å². The Morgan fingerprint density at radius 3 is 3.00 bits per heavy atom. The maximum atomic E-state index is 10.6. The van der Waals surface area contributed by atoms with Crippen molar-refractivity contribution in [2.75, 3.05) is 13.1 Å². The predicted octanol–water partition coefficient (Wildman–Crippen LogP) is 1.04. The summed E-state index contributed by atoms with van der Waals surface area (Å²) < 4.78 is 0. The molecule has 76 valence electrons. The van der Waals surface area contributed by atoms with Crippen molar-refractivity contribution in [3.63, 3.8) is 0 Å². The molecule has 1 rings (SSSR count). The van der Waals surface area contributed by atoms with E-state index in [4.69, 9.17) is 0 Å². The van der Waals surface area contributed by atoms with Gasteiger partial charge in [0.1, 0.15) is 0 Å². The molecule has 1 aliphatic heterocycles. The zero-order valence-corrected chi connectivity index (χ0v) is 8.44. The van der Waals surface area contributed by atoms with Gasteiger partial charge in [0.2, 0.25) is 5.91 Å². The van der Waals surface area contributed by atoms with Crippen molar-refractivity contribution in [3.8, 4) is 0 Å². The summed E-state index contributed by atoms with van der Waals surface area (Å²) in [7, 11) is 0. The summed E-state index contributed by atoms with van der Waals surface area (Å²) in [5.41, 5.74) is 0. The molecule has 3 heteroatoms. The monoisotopic (exact) mass is 184 g/mol. The highest BCUT2D eigenvalue weighted by Gasteiger charge is 2.11. The summed E-state index contributed by atoms with van der Waals surface area (Å²) in [5.74, 6) is 0.0802. The zero-order valence-electron chi connectivity index (χ0n) is 8.44. The molecule has 0 spiro atoms.